The molecule has 0 saturated carbocycles. The van der Waals surface area contributed by atoms with Crippen molar-refractivity contribution in [1.29, 1.82) is 0 Å². The zero-order valence-corrected chi connectivity index (χ0v) is 22.0. The standard InChI is InChI=1S/C27H23F3N4O5S/c1-40(36,37)33-26(35)18-13-34(14-18)12-15-7-9-19-17(11-15)8-10-20-23(19)32-38-24(20)25-21(27(28,29)30)22(31-39-25)16-5-3-2-4-6-16/h2-7,9,11,18H,8,10,12-14H2,1H3,(H,33,35). The van der Waals surface area contributed by atoms with E-state index in [4.69, 9.17) is 9.05 Å². The Morgan fingerprint density at radius 2 is 1.73 bits per heavy atom. The number of rotatable bonds is 6. The van der Waals surface area contributed by atoms with Crippen LogP contribution in [0.2, 0.25) is 0 Å². The van der Waals surface area contributed by atoms with Crippen LogP contribution >= 0.6 is 0 Å². The van der Waals surface area contributed by atoms with Crippen LogP contribution in [-0.2, 0) is 40.4 Å². The number of sulfonamides is 1. The summed E-state index contributed by atoms with van der Waals surface area (Å²) in [6, 6.07) is 13.8. The van der Waals surface area contributed by atoms with Gasteiger partial charge in [-0.3, -0.25) is 14.4 Å². The average Bonchev–Trinajstić information content (AvgIpc) is 3.49. The maximum absolute atomic E-state index is 14.2. The van der Waals surface area contributed by atoms with Gasteiger partial charge in [-0.2, -0.15) is 13.2 Å². The fourth-order valence-electron chi connectivity index (χ4n) is 5.26. The Morgan fingerprint density at radius 1 is 1.02 bits per heavy atom. The number of carbonyl (C=O) groups excluding carboxylic acids is 1. The van der Waals surface area contributed by atoms with Crippen LogP contribution in [0.4, 0.5) is 13.2 Å². The molecule has 9 nitrogen and oxygen atoms in total. The van der Waals surface area contributed by atoms with Gasteiger partial charge in [0, 0.05) is 36.3 Å². The van der Waals surface area contributed by atoms with E-state index < -0.39 is 33.4 Å². The Hall–Kier alpha value is -3.97. The topological polar surface area (TPSA) is 119 Å². The number of hydrogen-bond donors (Lipinski definition) is 1. The van der Waals surface area contributed by atoms with Crippen molar-refractivity contribution in [3.8, 4) is 34.0 Å². The van der Waals surface area contributed by atoms with Gasteiger partial charge in [0.1, 0.15) is 17.0 Å². The van der Waals surface area contributed by atoms with E-state index in [1.165, 1.54) is 12.1 Å². The van der Waals surface area contributed by atoms with E-state index in [-0.39, 0.29) is 22.9 Å². The normalized spacial score (nSPS) is 15.8. The first-order valence-electron chi connectivity index (χ1n) is 12.5. The largest absolute Gasteiger partial charge is 0.422 e. The second kappa shape index (κ2) is 9.59. The minimum Gasteiger partial charge on any atom is -0.352 e. The zero-order valence-electron chi connectivity index (χ0n) is 21.2. The summed E-state index contributed by atoms with van der Waals surface area (Å²) in [5.41, 5.74) is 2.71. The molecule has 1 aliphatic heterocycles. The Labute approximate surface area is 227 Å². The van der Waals surface area contributed by atoms with E-state index in [0.717, 1.165) is 22.9 Å². The number of nitrogens with one attached hydrogen (secondary N) is 1. The molecule has 1 fully saturated rings. The predicted octanol–water partition coefficient (Wildman–Crippen LogP) is 4.29. The van der Waals surface area contributed by atoms with Crippen LogP contribution < -0.4 is 4.72 Å². The third-order valence-corrected chi connectivity index (χ3v) is 7.68. The van der Waals surface area contributed by atoms with Crippen molar-refractivity contribution in [1.82, 2.24) is 19.9 Å². The summed E-state index contributed by atoms with van der Waals surface area (Å²) in [4.78, 5) is 14.0. The highest BCUT2D eigenvalue weighted by Crippen LogP contribution is 2.46. The molecule has 0 radical (unpaired) electrons. The molecular formula is C27H23F3N4O5S. The molecular weight excluding hydrogens is 549 g/mol. The van der Waals surface area contributed by atoms with E-state index in [0.29, 0.717) is 43.7 Å². The lowest BCUT2D eigenvalue weighted by atomic mass is 9.87. The third-order valence-electron chi connectivity index (χ3n) is 7.11. The van der Waals surface area contributed by atoms with Gasteiger partial charge in [0.05, 0.1) is 12.2 Å². The molecule has 1 amide bonds. The van der Waals surface area contributed by atoms with E-state index >= 15 is 0 Å². The lowest BCUT2D eigenvalue weighted by Crippen LogP contribution is -2.53. The van der Waals surface area contributed by atoms with Crippen LogP contribution in [0, 0.1) is 5.92 Å². The fourth-order valence-corrected chi connectivity index (χ4v) is 5.80. The Bertz CT molecular complexity index is 1710. The highest BCUT2D eigenvalue weighted by Gasteiger charge is 2.43. The number of aryl methyl sites for hydroxylation is 1. The van der Waals surface area contributed by atoms with Crippen LogP contribution in [0.1, 0.15) is 22.3 Å². The first-order chi connectivity index (χ1) is 19.0. The highest BCUT2D eigenvalue weighted by atomic mass is 32.2. The fraction of sp³-hybridized carbons (Fsp3) is 0.296. The molecule has 2 aromatic heterocycles. The van der Waals surface area contributed by atoms with Crippen molar-refractivity contribution in [2.24, 2.45) is 5.92 Å². The monoisotopic (exact) mass is 572 g/mol. The average molecular weight is 573 g/mol. The van der Waals surface area contributed by atoms with Crippen molar-refractivity contribution in [2.75, 3.05) is 19.3 Å². The van der Waals surface area contributed by atoms with Gasteiger partial charge in [0.2, 0.25) is 27.5 Å². The zero-order chi connectivity index (χ0) is 28.2. The second-order valence-corrected chi connectivity index (χ2v) is 11.8. The summed E-state index contributed by atoms with van der Waals surface area (Å²) in [6.45, 7) is 1.46. The molecule has 3 heterocycles. The van der Waals surface area contributed by atoms with Crippen LogP contribution in [0.15, 0.2) is 57.6 Å². The number of hydrogen-bond acceptors (Lipinski definition) is 8. The Balaban J connectivity index is 1.24. The summed E-state index contributed by atoms with van der Waals surface area (Å²) in [7, 11) is -3.59. The summed E-state index contributed by atoms with van der Waals surface area (Å²) < 4.78 is 77.8. The van der Waals surface area contributed by atoms with Gasteiger partial charge < -0.3 is 9.05 Å². The molecule has 0 unspecified atom stereocenters. The number of halogens is 3. The molecule has 0 atom stereocenters. The van der Waals surface area contributed by atoms with Crippen molar-refractivity contribution in [3.63, 3.8) is 0 Å². The van der Waals surface area contributed by atoms with E-state index in [1.807, 2.05) is 27.8 Å². The number of amides is 1. The number of aromatic nitrogens is 2. The van der Waals surface area contributed by atoms with Crippen LogP contribution in [0.3, 0.4) is 0 Å². The number of nitrogens with zero attached hydrogens (tertiary/aromatic N) is 3. The van der Waals surface area contributed by atoms with Crippen molar-refractivity contribution in [3.05, 3.63) is 70.8 Å². The number of likely N-dealkylation sites (tertiary alicyclic amines) is 1. The van der Waals surface area contributed by atoms with Gasteiger partial charge in [-0.15, -0.1) is 0 Å². The maximum Gasteiger partial charge on any atom is 0.422 e. The molecule has 6 rings (SSSR count). The summed E-state index contributed by atoms with van der Waals surface area (Å²) in [6.07, 6.45) is -2.82. The van der Waals surface area contributed by atoms with E-state index in [9.17, 15) is 26.4 Å². The highest BCUT2D eigenvalue weighted by molar-refractivity contribution is 7.89. The molecule has 4 aromatic rings. The van der Waals surface area contributed by atoms with Crippen LogP contribution in [-0.4, -0.2) is 48.9 Å². The summed E-state index contributed by atoms with van der Waals surface area (Å²) in [5, 5.41) is 7.87. The van der Waals surface area contributed by atoms with E-state index in [2.05, 4.69) is 10.3 Å². The van der Waals surface area contributed by atoms with Crippen LogP contribution in [0.5, 0.6) is 0 Å². The van der Waals surface area contributed by atoms with Crippen molar-refractivity contribution < 1.29 is 35.4 Å². The number of benzene rings is 2. The quantitative estimate of drug-likeness (QED) is 0.364. The first kappa shape index (κ1) is 26.3. The van der Waals surface area contributed by atoms with Crippen LogP contribution in [0.25, 0.3) is 34.0 Å². The van der Waals surface area contributed by atoms with Gasteiger partial charge >= 0.3 is 6.18 Å². The third kappa shape index (κ3) is 4.90. The van der Waals surface area contributed by atoms with Gasteiger partial charge in [-0.25, -0.2) is 8.42 Å². The van der Waals surface area contributed by atoms with E-state index in [1.54, 1.807) is 18.2 Å². The molecule has 2 aromatic carbocycles. The molecule has 40 heavy (non-hydrogen) atoms. The minimum atomic E-state index is -4.73. The minimum absolute atomic E-state index is 0.0780. The molecule has 0 bridgehead atoms. The lowest BCUT2D eigenvalue weighted by molar-refractivity contribution is -0.137. The molecule has 1 aliphatic carbocycles. The molecule has 1 N–H and O–H groups in total. The second-order valence-electron chi connectivity index (χ2n) is 10.1. The van der Waals surface area contributed by atoms with Gasteiger partial charge in [0.15, 0.2) is 0 Å². The SMILES string of the molecule is CS(=O)(=O)NC(=O)C1CN(Cc2ccc3c(c2)CCc2c-3noc2-c2onc(-c3ccccc3)c2C(F)(F)F)C1. The summed E-state index contributed by atoms with van der Waals surface area (Å²) >= 11 is 0. The van der Waals surface area contributed by atoms with Crippen molar-refractivity contribution >= 4 is 15.9 Å². The lowest BCUT2D eigenvalue weighted by Gasteiger charge is -2.38. The smallest absolute Gasteiger partial charge is 0.352 e. The molecule has 13 heteroatoms. The molecule has 0 spiro atoms. The summed E-state index contributed by atoms with van der Waals surface area (Å²) in [5.74, 6) is -1.46. The molecule has 2 aliphatic rings. The number of alkyl halides is 3. The molecule has 1 saturated heterocycles. The van der Waals surface area contributed by atoms with Gasteiger partial charge in [-0.1, -0.05) is 58.8 Å². The maximum atomic E-state index is 14.2. The number of carbonyl (C=O) groups is 1. The predicted molar refractivity (Wildman–Crippen MR) is 137 cm³/mol. The Morgan fingerprint density at radius 3 is 2.42 bits per heavy atom. The Kier molecular flexibility index (Phi) is 6.30. The van der Waals surface area contributed by atoms with Crippen molar-refractivity contribution in [2.45, 2.75) is 25.6 Å². The first-order valence-corrected chi connectivity index (χ1v) is 14.3. The molecule has 208 valence electrons. The number of fused-ring (bicyclic) bond motifs is 3. The van der Waals surface area contributed by atoms with Gasteiger partial charge in [0.25, 0.3) is 0 Å². The van der Waals surface area contributed by atoms with Gasteiger partial charge in [-0.05, 0) is 24.0 Å².